The number of nitrogens with one attached hydrogen (secondary N) is 1. The topological polar surface area (TPSA) is 85.2 Å². The number of benzene rings is 2. The fourth-order valence-electron chi connectivity index (χ4n) is 2.40. The fourth-order valence-corrected chi connectivity index (χ4v) is 2.40. The second-order valence-electron chi connectivity index (χ2n) is 4.62. The van der Waals surface area contributed by atoms with Crippen LogP contribution < -0.4 is 0 Å². The minimum atomic E-state index is 0.472. The molecule has 2 aromatic carbocycles. The van der Waals surface area contributed by atoms with Crippen molar-refractivity contribution in [3.63, 3.8) is 0 Å². The van der Waals surface area contributed by atoms with E-state index >= 15 is 0 Å². The van der Waals surface area contributed by atoms with Gasteiger partial charge in [-0.15, -0.1) is 20.4 Å². The molecule has 0 aliphatic rings. The normalized spacial score (nSPS) is 11.0. The number of nitrogens with zero attached hydrogens (tertiary/aromatic N) is 6. The summed E-state index contributed by atoms with van der Waals surface area (Å²) in [4.78, 5) is 0. The van der Waals surface area contributed by atoms with Crippen molar-refractivity contribution < 1.29 is 0 Å². The SMILES string of the molecule is c1ccc2c(-n3cnnc3Cc3nn[nH]n3)cccc2c1. The lowest BCUT2D eigenvalue weighted by Gasteiger charge is -2.09. The molecule has 2 heterocycles. The van der Waals surface area contributed by atoms with Gasteiger partial charge in [0.1, 0.15) is 12.2 Å². The first-order valence-electron chi connectivity index (χ1n) is 6.51. The third-order valence-electron chi connectivity index (χ3n) is 3.35. The van der Waals surface area contributed by atoms with Gasteiger partial charge in [-0.2, -0.15) is 5.21 Å². The van der Waals surface area contributed by atoms with Gasteiger partial charge in [-0.05, 0) is 11.5 Å². The van der Waals surface area contributed by atoms with Crippen LogP contribution in [-0.2, 0) is 6.42 Å². The van der Waals surface area contributed by atoms with E-state index in [2.05, 4.69) is 49.0 Å². The van der Waals surface area contributed by atoms with Crippen LogP contribution >= 0.6 is 0 Å². The Morgan fingerprint density at radius 3 is 2.81 bits per heavy atom. The number of rotatable bonds is 3. The van der Waals surface area contributed by atoms with Crippen molar-refractivity contribution >= 4 is 10.8 Å². The molecule has 7 nitrogen and oxygen atoms in total. The van der Waals surface area contributed by atoms with E-state index in [-0.39, 0.29) is 0 Å². The van der Waals surface area contributed by atoms with Crippen molar-refractivity contribution in [1.82, 2.24) is 35.4 Å². The smallest absolute Gasteiger partial charge is 0.182 e. The van der Waals surface area contributed by atoms with Gasteiger partial charge in [0.15, 0.2) is 5.82 Å². The van der Waals surface area contributed by atoms with E-state index in [1.807, 2.05) is 28.8 Å². The Morgan fingerprint density at radius 2 is 1.90 bits per heavy atom. The van der Waals surface area contributed by atoms with E-state index in [1.165, 1.54) is 5.39 Å². The molecule has 102 valence electrons. The molecule has 0 radical (unpaired) electrons. The predicted octanol–water partition coefficient (Wildman–Crippen LogP) is 1.52. The van der Waals surface area contributed by atoms with Gasteiger partial charge < -0.3 is 0 Å². The van der Waals surface area contributed by atoms with Gasteiger partial charge in [0.05, 0.1) is 12.1 Å². The summed E-state index contributed by atoms with van der Waals surface area (Å²) in [5, 5.41) is 24.4. The minimum Gasteiger partial charge on any atom is -0.285 e. The first-order valence-corrected chi connectivity index (χ1v) is 6.51. The average molecular weight is 277 g/mol. The zero-order chi connectivity index (χ0) is 14.1. The van der Waals surface area contributed by atoms with Crippen LogP contribution in [-0.4, -0.2) is 35.4 Å². The molecule has 0 aliphatic carbocycles. The second-order valence-corrected chi connectivity index (χ2v) is 4.62. The van der Waals surface area contributed by atoms with E-state index in [0.717, 1.165) is 16.9 Å². The highest BCUT2D eigenvalue weighted by atomic mass is 15.5. The molecule has 21 heavy (non-hydrogen) atoms. The molecular formula is C14H11N7. The Morgan fingerprint density at radius 1 is 1.00 bits per heavy atom. The molecule has 0 saturated carbocycles. The maximum absolute atomic E-state index is 4.17. The summed E-state index contributed by atoms with van der Waals surface area (Å²) in [6.07, 6.45) is 2.18. The maximum Gasteiger partial charge on any atom is 0.182 e. The number of hydrogen-bond acceptors (Lipinski definition) is 5. The van der Waals surface area contributed by atoms with Crippen LogP contribution in [0, 0.1) is 0 Å². The standard InChI is InChI=1S/C14H11N7/c1-2-6-11-10(4-1)5-3-7-12(11)21-9-15-18-14(21)8-13-16-19-20-17-13/h1-7,9H,8H2,(H,16,17,19,20). The zero-order valence-electron chi connectivity index (χ0n) is 11.0. The number of H-pyrrole nitrogens is 1. The lowest BCUT2D eigenvalue weighted by Crippen LogP contribution is -2.03. The second kappa shape index (κ2) is 4.78. The highest BCUT2D eigenvalue weighted by molar-refractivity contribution is 5.90. The van der Waals surface area contributed by atoms with Gasteiger partial charge in [-0.3, -0.25) is 4.57 Å². The van der Waals surface area contributed by atoms with Gasteiger partial charge >= 0.3 is 0 Å². The molecular weight excluding hydrogens is 266 g/mol. The largest absolute Gasteiger partial charge is 0.285 e. The van der Waals surface area contributed by atoms with Crippen LogP contribution in [0.3, 0.4) is 0 Å². The molecule has 0 amide bonds. The van der Waals surface area contributed by atoms with Crippen LogP contribution in [0.25, 0.3) is 16.5 Å². The quantitative estimate of drug-likeness (QED) is 0.613. The molecule has 0 aliphatic heterocycles. The van der Waals surface area contributed by atoms with Crippen LogP contribution in [0.4, 0.5) is 0 Å². The first kappa shape index (κ1) is 11.7. The van der Waals surface area contributed by atoms with E-state index in [0.29, 0.717) is 12.2 Å². The van der Waals surface area contributed by atoms with Crippen molar-refractivity contribution in [2.24, 2.45) is 0 Å². The van der Waals surface area contributed by atoms with Gasteiger partial charge in [-0.25, -0.2) is 0 Å². The summed E-state index contributed by atoms with van der Waals surface area (Å²) in [5.41, 5.74) is 1.04. The average Bonchev–Trinajstić information content (AvgIpc) is 3.19. The van der Waals surface area contributed by atoms with Crippen molar-refractivity contribution in [3.05, 3.63) is 60.4 Å². The van der Waals surface area contributed by atoms with Gasteiger partial charge in [0, 0.05) is 5.39 Å². The molecule has 4 aromatic rings. The highest BCUT2D eigenvalue weighted by Crippen LogP contribution is 2.23. The van der Waals surface area contributed by atoms with Gasteiger partial charge in [0.2, 0.25) is 0 Å². The lowest BCUT2D eigenvalue weighted by molar-refractivity contribution is 0.858. The van der Waals surface area contributed by atoms with Crippen molar-refractivity contribution in [2.75, 3.05) is 0 Å². The molecule has 2 aromatic heterocycles. The Kier molecular flexibility index (Phi) is 2.67. The summed E-state index contributed by atoms with van der Waals surface area (Å²) in [6.45, 7) is 0. The molecule has 0 saturated heterocycles. The summed E-state index contributed by atoms with van der Waals surface area (Å²) in [5.74, 6) is 1.36. The van der Waals surface area contributed by atoms with Crippen molar-refractivity contribution in [2.45, 2.75) is 6.42 Å². The van der Waals surface area contributed by atoms with E-state index in [4.69, 9.17) is 0 Å². The third kappa shape index (κ3) is 2.04. The third-order valence-corrected chi connectivity index (χ3v) is 3.35. The Bertz CT molecular complexity index is 874. The van der Waals surface area contributed by atoms with Gasteiger partial charge in [-0.1, -0.05) is 41.6 Å². The minimum absolute atomic E-state index is 0.472. The van der Waals surface area contributed by atoms with Crippen LogP contribution in [0.15, 0.2) is 48.8 Å². The van der Waals surface area contributed by atoms with Crippen molar-refractivity contribution in [3.8, 4) is 5.69 Å². The number of aromatic amines is 1. The fraction of sp³-hybridized carbons (Fsp3) is 0.0714. The predicted molar refractivity (Wildman–Crippen MR) is 75.8 cm³/mol. The van der Waals surface area contributed by atoms with Crippen molar-refractivity contribution in [1.29, 1.82) is 0 Å². The Hall–Kier alpha value is -3.09. The lowest BCUT2D eigenvalue weighted by atomic mass is 10.1. The number of aromatic nitrogens is 7. The summed E-state index contributed by atoms with van der Waals surface area (Å²) >= 11 is 0. The Balaban J connectivity index is 1.84. The molecule has 1 N–H and O–H groups in total. The first-order chi connectivity index (χ1) is 10.4. The van der Waals surface area contributed by atoms with Crippen LogP contribution in [0.5, 0.6) is 0 Å². The maximum atomic E-state index is 4.17. The number of hydrogen-bond donors (Lipinski definition) is 1. The van der Waals surface area contributed by atoms with E-state index < -0.39 is 0 Å². The molecule has 0 bridgehead atoms. The number of fused-ring (bicyclic) bond motifs is 1. The molecule has 0 atom stereocenters. The van der Waals surface area contributed by atoms with E-state index in [9.17, 15) is 0 Å². The molecule has 7 heteroatoms. The monoisotopic (exact) mass is 277 g/mol. The summed E-state index contributed by atoms with van der Waals surface area (Å²) in [6, 6.07) is 14.4. The Labute approximate surface area is 119 Å². The van der Waals surface area contributed by atoms with E-state index in [1.54, 1.807) is 6.33 Å². The molecule has 0 fully saturated rings. The highest BCUT2D eigenvalue weighted by Gasteiger charge is 2.11. The molecule has 0 unspecified atom stereocenters. The van der Waals surface area contributed by atoms with Crippen LogP contribution in [0.2, 0.25) is 0 Å². The number of tetrazole rings is 1. The summed E-state index contributed by atoms with van der Waals surface area (Å²) in [7, 11) is 0. The van der Waals surface area contributed by atoms with Gasteiger partial charge in [0.25, 0.3) is 0 Å². The van der Waals surface area contributed by atoms with Crippen LogP contribution in [0.1, 0.15) is 11.6 Å². The summed E-state index contributed by atoms with van der Waals surface area (Å²) < 4.78 is 1.96. The zero-order valence-corrected chi connectivity index (χ0v) is 11.0. The molecule has 4 rings (SSSR count). The molecule has 0 spiro atoms.